The quantitative estimate of drug-likeness (QED) is 0.543. The van der Waals surface area contributed by atoms with E-state index in [1.807, 2.05) is 6.08 Å². The van der Waals surface area contributed by atoms with E-state index in [9.17, 15) is 9.90 Å². The van der Waals surface area contributed by atoms with Gasteiger partial charge in [0.05, 0.1) is 6.10 Å². The summed E-state index contributed by atoms with van der Waals surface area (Å²) in [4.78, 5) is 11.9. The number of fused-ring (bicyclic) bond motifs is 5. The molecule has 9 atom stereocenters. The van der Waals surface area contributed by atoms with Gasteiger partial charge >= 0.3 is 5.97 Å². The van der Waals surface area contributed by atoms with Crippen molar-refractivity contribution in [3.05, 3.63) is 12.2 Å². The van der Waals surface area contributed by atoms with Gasteiger partial charge in [0.25, 0.3) is 0 Å². The number of ether oxygens (including phenoxy) is 1. The molecular formula is C27H42O3. The molecule has 0 unspecified atom stereocenters. The fourth-order valence-electron chi connectivity index (χ4n) is 10.1. The van der Waals surface area contributed by atoms with E-state index in [4.69, 9.17) is 4.74 Å². The minimum absolute atomic E-state index is 0.0145. The van der Waals surface area contributed by atoms with Gasteiger partial charge in [-0.25, -0.2) is 4.79 Å². The second-order valence-corrected chi connectivity index (χ2v) is 13.1. The van der Waals surface area contributed by atoms with Crippen molar-refractivity contribution in [1.29, 1.82) is 0 Å². The van der Waals surface area contributed by atoms with Gasteiger partial charge in [-0.15, -0.1) is 0 Å². The fraction of sp³-hybridized carbons (Fsp3) is 0.889. The van der Waals surface area contributed by atoms with Crippen LogP contribution in [0.4, 0.5) is 0 Å². The number of rotatable bonds is 1. The van der Waals surface area contributed by atoms with Gasteiger partial charge in [-0.1, -0.05) is 34.6 Å². The van der Waals surface area contributed by atoms with Crippen molar-refractivity contribution in [2.45, 2.75) is 105 Å². The molecule has 168 valence electrons. The standard InChI is InChI=1S/C27H42O3/c1-23(2)19-10-15-26(5)20(24(19,3)13-11-21(23)28)8-7-17-18(9-14-25(17,26)4)27(6)16-12-22(29)30-27/h12,16-21,28H,7-11,13-15H2,1-6H3/t17-,18+,19+,20-,21-,24+,25-,26-,27+/m1/s1. The van der Waals surface area contributed by atoms with E-state index in [0.29, 0.717) is 34.0 Å². The first-order chi connectivity index (χ1) is 13.9. The molecule has 0 spiro atoms. The van der Waals surface area contributed by atoms with Crippen molar-refractivity contribution in [2.24, 2.45) is 45.3 Å². The normalized spacial score (nSPS) is 56.8. The Hall–Kier alpha value is -0.830. The Balaban J connectivity index is 1.50. The largest absolute Gasteiger partial charge is 0.452 e. The Bertz CT molecular complexity index is 785. The van der Waals surface area contributed by atoms with Crippen molar-refractivity contribution in [3.63, 3.8) is 0 Å². The molecule has 3 nitrogen and oxygen atoms in total. The molecule has 0 saturated heterocycles. The molecule has 1 N–H and O–H groups in total. The van der Waals surface area contributed by atoms with Crippen molar-refractivity contribution >= 4 is 5.97 Å². The van der Waals surface area contributed by atoms with Crippen LogP contribution in [0.2, 0.25) is 0 Å². The number of cyclic esters (lactones) is 1. The lowest BCUT2D eigenvalue weighted by atomic mass is 9.35. The Morgan fingerprint density at radius 1 is 0.833 bits per heavy atom. The minimum Gasteiger partial charge on any atom is -0.452 e. The van der Waals surface area contributed by atoms with Gasteiger partial charge in [-0.3, -0.25) is 0 Å². The first-order valence-electron chi connectivity index (χ1n) is 12.5. The summed E-state index contributed by atoms with van der Waals surface area (Å²) >= 11 is 0. The number of hydrogen-bond donors (Lipinski definition) is 1. The maximum atomic E-state index is 11.9. The average Bonchev–Trinajstić information content (AvgIpc) is 3.20. The third kappa shape index (κ3) is 2.39. The highest BCUT2D eigenvalue weighted by Crippen LogP contribution is 2.75. The second-order valence-electron chi connectivity index (χ2n) is 13.1. The first-order valence-corrected chi connectivity index (χ1v) is 12.5. The molecule has 5 rings (SSSR count). The lowest BCUT2D eigenvalue weighted by Crippen LogP contribution is -2.64. The van der Waals surface area contributed by atoms with Gasteiger partial charge in [0, 0.05) is 12.0 Å². The Kier molecular flexibility index (Phi) is 4.31. The zero-order valence-corrected chi connectivity index (χ0v) is 20.0. The topological polar surface area (TPSA) is 46.5 Å². The predicted octanol–water partition coefficient (Wildman–Crippen LogP) is 5.90. The van der Waals surface area contributed by atoms with Crippen LogP contribution >= 0.6 is 0 Å². The highest BCUT2D eigenvalue weighted by atomic mass is 16.6. The molecule has 0 radical (unpaired) electrons. The van der Waals surface area contributed by atoms with E-state index < -0.39 is 5.60 Å². The highest BCUT2D eigenvalue weighted by Gasteiger charge is 2.69. The second kappa shape index (κ2) is 6.15. The summed E-state index contributed by atoms with van der Waals surface area (Å²) in [6.07, 6.45) is 13.1. The van der Waals surface area contributed by atoms with Crippen LogP contribution < -0.4 is 0 Å². The van der Waals surface area contributed by atoms with Gasteiger partial charge < -0.3 is 9.84 Å². The molecule has 0 bridgehead atoms. The molecule has 4 fully saturated rings. The molecule has 0 amide bonds. The maximum absolute atomic E-state index is 11.9. The lowest BCUT2D eigenvalue weighted by Gasteiger charge is -2.70. The number of carbonyl (C=O) groups excluding carboxylic acids is 1. The van der Waals surface area contributed by atoms with Crippen LogP contribution in [-0.2, 0) is 9.53 Å². The van der Waals surface area contributed by atoms with Gasteiger partial charge in [-0.2, -0.15) is 0 Å². The smallest absolute Gasteiger partial charge is 0.331 e. The first kappa shape index (κ1) is 21.0. The molecule has 1 heterocycles. The molecule has 1 aliphatic heterocycles. The zero-order valence-electron chi connectivity index (χ0n) is 20.0. The Labute approximate surface area is 183 Å². The number of hydrogen-bond acceptors (Lipinski definition) is 3. The number of esters is 1. The van der Waals surface area contributed by atoms with E-state index in [-0.39, 0.29) is 17.5 Å². The van der Waals surface area contributed by atoms with Crippen molar-refractivity contribution in [1.82, 2.24) is 0 Å². The molecule has 4 aliphatic carbocycles. The van der Waals surface area contributed by atoms with Crippen LogP contribution in [0.3, 0.4) is 0 Å². The molecule has 3 heteroatoms. The summed E-state index contributed by atoms with van der Waals surface area (Å²) in [5.74, 6) is 2.24. The predicted molar refractivity (Wildman–Crippen MR) is 119 cm³/mol. The minimum atomic E-state index is -0.416. The molecule has 0 aromatic carbocycles. The maximum Gasteiger partial charge on any atom is 0.331 e. The monoisotopic (exact) mass is 414 g/mol. The molecule has 0 aromatic heterocycles. The van der Waals surface area contributed by atoms with Crippen molar-refractivity contribution in [3.8, 4) is 0 Å². The zero-order chi connectivity index (χ0) is 21.7. The van der Waals surface area contributed by atoms with Crippen LogP contribution in [-0.4, -0.2) is 22.8 Å². The van der Waals surface area contributed by atoms with Gasteiger partial charge in [-0.05, 0) is 104 Å². The SMILES string of the molecule is CC1(C)[C@H](O)CC[C@]2(C)[C@H]3CC[C@@H]4[C@@H]([C@]5(C)C=CC(=O)O5)CC[C@@]4(C)[C@]3(C)CC[C@@H]12. The fourth-order valence-corrected chi connectivity index (χ4v) is 10.1. The van der Waals surface area contributed by atoms with Gasteiger partial charge in [0.1, 0.15) is 5.60 Å². The van der Waals surface area contributed by atoms with E-state index in [1.165, 1.54) is 44.9 Å². The summed E-state index contributed by atoms with van der Waals surface area (Å²) in [6, 6.07) is 0. The van der Waals surface area contributed by atoms with Crippen molar-refractivity contribution < 1.29 is 14.6 Å². The Morgan fingerprint density at radius 3 is 2.20 bits per heavy atom. The summed E-state index contributed by atoms with van der Waals surface area (Å²) in [6.45, 7) is 14.6. The van der Waals surface area contributed by atoms with Crippen LogP contribution in [0, 0.1) is 45.3 Å². The number of carbonyl (C=O) groups is 1. The number of aliphatic hydroxyl groups excluding tert-OH is 1. The summed E-state index contributed by atoms with van der Waals surface area (Å²) in [5.41, 5.74) is 0.560. The Morgan fingerprint density at radius 2 is 1.53 bits per heavy atom. The van der Waals surface area contributed by atoms with E-state index >= 15 is 0 Å². The highest BCUT2D eigenvalue weighted by molar-refractivity contribution is 5.85. The molecule has 30 heavy (non-hydrogen) atoms. The van der Waals surface area contributed by atoms with Gasteiger partial charge in [0.15, 0.2) is 0 Å². The van der Waals surface area contributed by atoms with Gasteiger partial charge in [0.2, 0.25) is 0 Å². The van der Waals surface area contributed by atoms with Crippen LogP contribution in [0.1, 0.15) is 92.9 Å². The van der Waals surface area contributed by atoms with Crippen molar-refractivity contribution in [2.75, 3.05) is 0 Å². The average molecular weight is 415 g/mol. The molecule has 0 aromatic rings. The molecule has 5 aliphatic rings. The van der Waals surface area contributed by atoms with Crippen LogP contribution in [0.5, 0.6) is 0 Å². The van der Waals surface area contributed by atoms with E-state index in [1.54, 1.807) is 6.08 Å². The number of aliphatic hydroxyl groups is 1. The third-order valence-corrected chi connectivity index (χ3v) is 12.0. The third-order valence-electron chi connectivity index (χ3n) is 12.0. The van der Waals surface area contributed by atoms with E-state index in [2.05, 4.69) is 41.5 Å². The van der Waals surface area contributed by atoms with Crippen LogP contribution in [0.15, 0.2) is 12.2 Å². The van der Waals surface area contributed by atoms with E-state index in [0.717, 1.165) is 12.3 Å². The summed E-state index contributed by atoms with van der Waals surface area (Å²) in [5, 5.41) is 10.8. The molecule has 4 saturated carbocycles. The van der Waals surface area contributed by atoms with Crippen LogP contribution in [0.25, 0.3) is 0 Å². The lowest BCUT2D eigenvalue weighted by molar-refractivity contribution is -0.224. The summed E-state index contributed by atoms with van der Waals surface area (Å²) in [7, 11) is 0. The molecular weight excluding hydrogens is 372 g/mol. The summed E-state index contributed by atoms with van der Waals surface area (Å²) < 4.78 is 5.86.